The van der Waals surface area contributed by atoms with Crippen LogP contribution in [0.3, 0.4) is 0 Å². The molecule has 4 N–H and O–H groups in total. The first-order valence-electron chi connectivity index (χ1n) is 53.2. The van der Waals surface area contributed by atoms with E-state index in [0.29, 0.717) is 55.4 Å². The molecular weight excluding hydrogens is 1460 g/mol. The molecule has 0 bridgehead atoms. The van der Waals surface area contributed by atoms with Crippen molar-refractivity contribution in [2.24, 2.45) is 220 Å². The van der Waals surface area contributed by atoms with Gasteiger partial charge in [0.15, 0.2) is 17.4 Å². The minimum atomic E-state index is -0.00830. The smallest absolute Gasteiger partial charge is 1.00 e. The van der Waals surface area contributed by atoms with Gasteiger partial charge in [-0.15, -0.1) is 0 Å². The molecule has 1 amide bonds. The van der Waals surface area contributed by atoms with Gasteiger partial charge in [-0.05, 0) is 446 Å². The number of hydrogen-bond donors (Lipinski definition) is 3. The van der Waals surface area contributed by atoms with E-state index in [1.165, 1.54) is 283 Å². The van der Waals surface area contributed by atoms with Crippen LogP contribution in [0, 0.1) is 209 Å². The van der Waals surface area contributed by atoms with E-state index < -0.39 is 0 Å². The van der Waals surface area contributed by atoms with Crippen LogP contribution in [0.25, 0.3) is 10.4 Å². The number of carbonyl (C=O) groups is 1. The first-order valence-corrected chi connectivity index (χ1v) is 53.2. The number of nitrogens with one attached hydrogen (secondary N) is 1. The molecular formula is C110H199AlLiN5O2. The zero-order chi connectivity index (χ0) is 84.1. The molecule has 16 aliphatic carbocycles. The Labute approximate surface area is 761 Å². The molecule has 16 saturated carbocycles. The molecule has 680 valence electrons. The second-order valence-corrected chi connectivity index (χ2v) is 51.5. The second-order valence-electron chi connectivity index (χ2n) is 51.5. The first-order chi connectivity index (χ1) is 55.4. The summed E-state index contributed by atoms with van der Waals surface area (Å²) in [5.74, 6) is 26.3. The van der Waals surface area contributed by atoms with E-state index in [4.69, 9.17) is 11.3 Å². The number of nitrogens with two attached hydrogens (primary N) is 1. The summed E-state index contributed by atoms with van der Waals surface area (Å²) in [4.78, 5) is 14.7. The van der Waals surface area contributed by atoms with Crippen molar-refractivity contribution < 1.29 is 30.2 Å². The summed E-state index contributed by atoms with van der Waals surface area (Å²) in [6.07, 6.45) is 67.5. The predicted octanol–water partition coefficient (Wildman–Crippen LogP) is 27.2. The van der Waals surface area contributed by atoms with Crippen molar-refractivity contribution in [1.29, 1.82) is 0 Å². The molecule has 16 fully saturated rings. The van der Waals surface area contributed by atoms with Crippen LogP contribution in [0.2, 0.25) is 0 Å². The molecule has 36 atom stereocenters. The van der Waals surface area contributed by atoms with Gasteiger partial charge in [0.2, 0.25) is 5.91 Å². The van der Waals surface area contributed by atoms with E-state index in [1.54, 1.807) is 6.92 Å². The van der Waals surface area contributed by atoms with Crippen LogP contribution in [0.15, 0.2) is 5.11 Å². The van der Waals surface area contributed by atoms with Crippen molar-refractivity contribution in [2.75, 3.05) is 0 Å². The van der Waals surface area contributed by atoms with Gasteiger partial charge in [0, 0.05) is 30.0 Å². The number of azide groups is 1. The summed E-state index contributed by atoms with van der Waals surface area (Å²) in [7, 11) is 0. The predicted molar refractivity (Wildman–Crippen MR) is 508 cm³/mol. The Morgan fingerprint density at radius 2 is 0.647 bits per heavy atom. The molecule has 0 saturated heterocycles. The van der Waals surface area contributed by atoms with Gasteiger partial charge in [0.1, 0.15) is 0 Å². The Kier molecular flexibility index (Phi) is 34.3. The van der Waals surface area contributed by atoms with Crippen molar-refractivity contribution in [2.45, 2.75) is 478 Å². The third kappa shape index (κ3) is 20.3. The maximum absolute atomic E-state index is 11.6. The molecule has 0 aliphatic heterocycles. The summed E-state index contributed by atoms with van der Waals surface area (Å²) in [5, 5.41) is 17.6. The molecule has 119 heavy (non-hydrogen) atoms. The van der Waals surface area contributed by atoms with Gasteiger partial charge in [-0.2, -0.15) is 0 Å². The number of aliphatic hydroxyl groups excluding tert-OH is 1. The monoisotopic (exact) mass is 1660 g/mol. The molecule has 0 heterocycles. The molecule has 0 aromatic carbocycles. The molecule has 0 spiro atoms. The van der Waals surface area contributed by atoms with Crippen LogP contribution >= 0.6 is 0 Å². The van der Waals surface area contributed by atoms with Crippen LogP contribution in [0.1, 0.15) is 455 Å². The summed E-state index contributed by atoms with van der Waals surface area (Å²) >= 11 is 0. The maximum atomic E-state index is 11.6. The Balaban J connectivity index is 0.000000167. The Morgan fingerprint density at radius 1 is 0.370 bits per heavy atom. The molecule has 9 heteroatoms. The van der Waals surface area contributed by atoms with Crippen LogP contribution in [-0.2, 0) is 4.79 Å². The van der Waals surface area contributed by atoms with E-state index in [1.807, 2.05) is 0 Å². The van der Waals surface area contributed by atoms with E-state index in [2.05, 4.69) is 154 Å². The van der Waals surface area contributed by atoms with Crippen LogP contribution in [-0.4, -0.2) is 52.6 Å². The first kappa shape index (κ1) is 99.4. The van der Waals surface area contributed by atoms with Crippen molar-refractivity contribution in [1.82, 2.24) is 5.32 Å². The molecule has 7 nitrogen and oxygen atoms in total. The number of carbonyl (C=O) groups excluding carboxylic acids is 1. The van der Waals surface area contributed by atoms with Gasteiger partial charge in [0.05, 0.1) is 6.10 Å². The van der Waals surface area contributed by atoms with Gasteiger partial charge >= 0.3 is 18.9 Å². The minimum Gasteiger partial charge on any atom is -1.00 e. The number of hydrogen-bond acceptors (Lipinski definition) is 4. The maximum Gasteiger partial charge on any atom is 1.00 e. The van der Waals surface area contributed by atoms with Gasteiger partial charge in [-0.25, -0.2) is 0 Å². The van der Waals surface area contributed by atoms with E-state index >= 15 is 0 Å². The van der Waals surface area contributed by atoms with Crippen LogP contribution in [0.5, 0.6) is 0 Å². The zero-order valence-electron chi connectivity index (χ0n) is 83.2. The number of aliphatic hydroxyl groups is 1. The molecule has 0 radical (unpaired) electrons. The minimum absolute atomic E-state index is 0. The quantitative estimate of drug-likeness (QED) is 0.0433. The van der Waals surface area contributed by atoms with Gasteiger partial charge in [-0.3, -0.25) is 4.79 Å². The number of nitrogens with zero attached hydrogens (tertiary/aromatic N) is 3. The van der Waals surface area contributed by atoms with Crippen LogP contribution in [0.4, 0.5) is 0 Å². The summed E-state index contributed by atoms with van der Waals surface area (Å²) in [6.45, 7) is 52.5. The fourth-order valence-corrected chi connectivity index (χ4v) is 37.7. The Bertz CT molecular complexity index is 3140. The average Bonchev–Trinajstić information content (AvgIpc) is 1.46. The summed E-state index contributed by atoms with van der Waals surface area (Å²) in [5.41, 5.74) is 19.9. The molecule has 1 unspecified atom stereocenters. The van der Waals surface area contributed by atoms with Crippen molar-refractivity contribution in [3.05, 3.63) is 10.4 Å². The number of rotatable bonds is 22. The fourth-order valence-electron chi connectivity index (χ4n) is 37.7. The molecule has 0 aromatic rings. The largest absolute Gasteiger partial charge is 1.00 e. The Hall–Kier alpha value is -0.170. The second kappa shape index (κ2) is 41.1. The standard InChI is InChI=1S/C29H51NO.C27H47N3.C27H49N.C27H48O.Al.Li.4H/c1-19(2)8-7-9-20(3)25-12-13-26-24-11-10-22-18-23(30-21(4)31)14-16-28(22,5)27(24)15-17-29(25,26)6;1-18(2)7-6-8-19(3)23-11-12-24-22-10-9-20-17-21(29-30-28)13-15-26(20,4)25(22)14-16-27(23,24)5;2*1-18(2)7-6-8-19(3)23-11-12-24-22-10-9-20-17-21(28)13-15-26(20,4)25(22)14-16-27(23,24)5;;;;;;/h19-20,22-27H,7-18H2,1-6H3,(H,30,31);18-25H,6-17H2,1-5H3;18-25H,6-17,28H2,1-5H3;18-25,28H,6-17H2,1-5H3;;;;;;/q;;;;;+1;;;;-1/t20?,22-,23+,24-,25+,26-,27-,28-,29+;2*19-,20+,21-,22+,23-,24+,25+,26+,27-;19-,20+,21+,22+,23-,24+,25+,26+,27-;;;;;;/m0111....../s1. The van der Waals surface area contributed by atoms with Gasteiger partial charge < -0.3 is 17.6 Å². The van der Waals surface area contributed by atoms with E-state index in [0.717, 1.165) is 191 Å². The van der Waals surface area contributed by atoms with Crippen molar-refractivity contribution >= 4 is 23.3 Å². The van der Waals surface area contributed by atoms with Gasteiger partial charge in [0.25, 0.3) is 0 Å². The Morgan fingerprint density at radius 3 is 0.966 bits per heavy atom. The summed E-state index contributed by atoms with van der Waals surface area (Å²) in [6, 6.07) is 1.19. The zero-order valence-corrected chi connectivity index (χ0v) is 82.2. The number of fused-ring (bicyclic) bond motifs is 20. The third-order valence-electron chi connectivity index (χ3n) is 44.1. The molecule has 16 aliphatic rings. The number of amides is 1. The SMILES string of the molecule is CC(=O)N[C@@H]1CC[C@@]2(C)[C@@H](CC[C@@H]3[C@@H]2CC[C@]2(C)[C@@H](C(C)CCCC(C)C)CC[C@@H]32)C1.CC(C)CCC[C@@H](C)[C@H]1CC[C@H]2[C@@H]3CC[C@H]4C[C@@H](O)CC[C@]4(C)[C@H]3CC[C@]12C.CC(C)CCC[C@@H](C)[C@H]1CC[C@H]2[C@@H]3CC[C@H]4C[C@H](N)CC[C@]4(C)[C@H]3CC[C@]12C.CC(C)CCC[C@@H](C)[C@H]1CC[C@H]2[C@@H]3CC[C@H]4C[C@H](N=[N+]=[N-])CC[C@]4(C)[C@H]3CC[C@]12C.[AlH3].[H-].[Li+]. The topological polar surface area (TPSA) is 124 Å². The van der Waals surface area contributed by atoms with Crippen molar-refractivity contribution in [3.8, 4) is 0 Å². The molecule has 16 rings (SSSR count). The van der Waals surface area contributed by atoms with E-state index in [-0.39, 0.29) is 55.7 Å². The van der Waals surface area contributed by atoms with Crippen molar-refractivity contribution in [3.63, 3.8) is 0 Å². The van der Waals surface area contributed by atoms with E-state index in [9.17, 15) is 9.90 Å². The third-order valence-corrected chi connectivity index (χ3v) is 44.1. The summed E-state index contributed by atoms with van der Waals surface area (Å²) < 4.78 is 0. The van der Waals surface area contributed by atoms with Gasteiger partial charge in [-0.1, -0.05) is 221 Å². The normalized spacial score (nSPS) is 46.8. The fraction of sp³-hybridized carbons (Fsp3) is 0.991. The molecule has 0 aromatic heterocycles. The average molecular weight is 1660 g/mol. The van der Waals surface area contributed by atoms with Crippen LogP contribution < -0.4 is 29.9 Å².